The Morgan fingerprint density at radius 3 is 2.86 bits per heavy atom. The Morgan fingerprint density at radius 2 is 2.07 bits per heavy atom. The summed E-state index contributed by atoms with van der Waals surface area (Å²) in [7, 11) is 0. The van der Waals surface area contributed by atoms with Gasteiger partial charge in [-0.05, 0) is 35.7 Å². The van der Waals surface area contributed by atoms with Gasteiger partial charge in [0.2, 0.25) is 0 Å². The highest BCUT2D eigenvalue weighted by molar-refractivity contribution is 7.79. The normalized spacial score (nSPS) is 12.7. The van der Waals surface area contributed by atoms with Crippen LogP contribution >= 0.6 is 12.2 Å². The zero-order valence-electron chi connectivity index (χ0n) is 16.3. The van der Waals surface area contributed by atoms with Crippen LogP contribution < -0.4 is 10.2 Å². The number of anilines is 2. The van der Waals surface area contributed by atoms with Crippen LogP contribution in [-0.2, 0) is 13.1 Å². The van der Waals surface area contributed by atoms with Gasteiger partial charge in [-0.25, -0.2) is 9.97 Å². The molecule has 0 unspecified atom stereocenters. The zero-order chi connectivity index (χ0) is 20.4. The van der Waals surface area contributed by atoms with E-state index in [1.165, 1.54) is 10.9 Å². The number of nitrogens with one attached hydrogen (secondary N) is 1. The SMILES string of the molecule is CC(C)c1cccc(NC(=O)c2cc(N3Cc4cnc(C=S)nc4C3)ccn2)c1. The van der Waals surface area contributed by atoms with Crippen molar-refractivity contribution in [3.63, 3.8) is 0 Å². The van der Waals surface area contributed by atoms with Crippen molar-refractivity contribution in [2.75, 3.05) is 10.2 Å². The number of thiocarbonyl (C=S) groups is 1. The van der Waals surface area contributed by atoms with E-state index in [1.54, 1.807) is 12.3 Å². The Hall–Kier alpha value is -3.19. The number of aromatic nitrogens is 3. The first-order chi connectivity index (χ1) is 14.0. The largest absolute Gasteiger partial charge is 0.361 e. The monoisotopic (exact) mass is 403 g/mol. The van der Waals surface area contributed by atoms with Crippen LogP contribution in [0.2, 0.25) is 0 Å². The third kappa shape index (κ3) is 4.14. The van der Waals surface area contributed by atoms with Gasteiger partial charge in [0.15, 0.2) is 5.82 Å². The minimum atomic E-state index is -0.229. The van der Waals surface area contributed by atoms with E-state index in [9.17, 15) is 4.79 Å². The van der Waals surface area contributed by atoms with Gasteiger partial charge < -0.3 is 10.2 Å². The van der Waals surface area contributed by atoms with Gasteiger partial charge in [0.1, 0.15) is 5.69 Å². The smallest absolute Gasteiger partial charge is 0.274 e. The van der Waals surface area contributed by atoms with Crippen molar-refractivity contribution in [2.24, 2.45) is 0 Å². The Morgan fingerprint density at radius 1 is 1.21 bits per heavy atom. The molecule has 6 nitrogen and oxygen atoms in total. The van der Waals surface area contributed by atoms with Crippen molar-refractivity contribution in [3.05, 3.63) is 77.1 Å². The number of carbonyl (C=O) groups is 1. The molecule has 0 fully saturated rings. The topological polar surface area (TPSA) is 71.0 Å². The van der Waals surface area contributed by atoms with E-state index in [2.05, 4.69) is 45.1 Å². The minimum Gasteiger partial charge on any atom is -0.361 e. The average Bonchev–Trinajstić information content (AvgIpc) is 3.17. The Kier molecular flexibility index (Phi) is 5.31. The minimum absolute atomic E-state index is 0.229. The third-order valence-electron chi connectivity index (χ3n) is 4.93. The summed E-state index contributed by atoms with van der Waals surface area (Å²) in [5, 5.41) is 4.42. The van der Waals surface area contributed by atoms with E-state index >= 15 is 0 Å². The summed E-state index contributed by atoms with van der Waals surface area (Å²) < 4.78 is 0. The van der Waals surface area contributed by atoms with Crippen molar-refractivity contribution >= 4 is 34.9 Å². The number of fused-ring (bicyclic) bond motifs is 1. The van der Waals surface area contributed by atoms with Gasteiger partial charge in [-0.3, -0.25) is 9.78 Å². The molecule has 146 valence electrons. The molecular formula is C22H21N5OS. The number of pyridine rings is 1. The second kappa shape index (κ2) is 8.05. The van der Waals surface area contributed by atoms with E-state index in [1.807, 2.05) is 30.5 Å². The molecule has 3 heterocycles. The lowest BCUT2D eigenvalue weighted by atomic mass is 10.0. The molecule has 1 amide bonds. The molecule has 1 aromatic carbocycles. The van der Waals surface area contributed by atoms with Gasteiger partial charge in [0, 0.05) is 41.2 Å². The van der Waals surface area contributed by atoms with Crippen LogP contribution in [0.15, 0.2) is 48.8 Å². The second-order valence-corrected chi connectivity index (χ2v) is 7.54. The maximum absolute atomic E-state index is 12.7. The van der Waals surface area contributed by atoms with Gasteiger partial charge in [-0.15, -0.1) is 0 Å². The summed E-state index contributed by atoms with van der Waals surface area (Å²) in [6, 6.07) is 11.6. The maximum Gasteiger partial charge on any atom is 0.274 e. The summed E-state index contributed by atoms with van der Waals surface area (Å²) in [6.07, 6.45) is 3.48. The van der Waals surface area contributed by atoms with Crippen LogP contribution in [0.3, 0.4) is 0 Å². The molecule has 0 saturated carbocycles. The Balaban J connectivity index is 1.51. The Labute approximate surface area is 175 Å². The van der Waals surface area contributed by atoms with Gasteiger partial charge in [-0.1, -0.05) is 38.2 Å². The Bertz CT molecular complexity index is 1080. The van der Waals surface area contributed by atoms with Crippen LogP contribution in [0, 0.1) is 0 Å². The molecule has 1 aliphatic rings. The number of rotatable bonds is 5. The first-order valence-electron chi connectivity index (χ1n) is 9.46. The highest BCUT2D eigenvalue weighted by Gasteiger charge is 2.22. The molecule has 3 aromatic rings. The average molecular weight is 404 g/mol. The molecule has 0 saturated heterocycles. The van der Waals surface area contributed by atoms with Gasteiger partial charge in [0.25, 0.3) is 5.91 Å². The molecule has 1 N–H and O–H groups in total. The summed E-state index contributed by atoms with van der Waals surface area (Å²) in [5.41, 5.74) is 5.27. The molecule has 4 rings (SSSR count). The molecular weight excluding hydrogens is 382 g/mol. The highest BCUT2D eigenvalue weighted by Crippen LogP contribution is 2.27. The third-order valence-corrected chi connectivity index (χ3v) is 5.14. The number of benzene rings is 1. The predicted octanol–water partition coefficient (Wildman–Crippen LogP) is 4.12. The van der Waals surface area contributed by atoms with Gasteiger partial charge in [0.05, 0.1) is 12.2 Å². The first-order valence-corrected chi connectivity index (χ1v) is 9.93. The summed E-state index contributed by atoms with van der Waals surface area (Å²) in [5.74, 6) is 0.721. The lowest BCUT2D eigenvalue weighted by Gasteiger charge is -2.17. The molecule has 0 radical (unpaired) electrons. The lowest BCUT2D eigenvalue weighted by molar-refractivity contribution is 0.102. The van der Waals surface area contributed by atoms with E-state index in [0.29, 0.717) is 30.5 Å². The number of hydrogen-bond donors (Lipinski definition) is 1. The first kappa shape index (κ1) is 19.1. The van der Waals surface area contributed by atoms with E-state index in [-0.39, 0.29) is 5.91 Å². The van der Waals surface area contributed by atoms with Gasteiger partial charge in [-0.2, -0.15) is 0 Å². The van der Waals surface area contributed by atoms with Crippen molar-refractivity contribution < 1.29 is 4.79 Å². The molecule has 0 atom stereocenters. The van der Waals surface area contributed by atoms with Crippen LogP contribution in [0.4, 0.5) is 11.4 Å². The van der Waals surface area contributed by atoms with Crippen LogP contribution in [0.25, 0.3) is 0 Å². The molecule has 29 heavy (non-hydrogen) atoms. The quantitative estimate of drug-likeness (QED) is 0.647. The predicted molar refractivity (Wildman–Crippen MR) is 117 cm³/mol. The standard InChI is InChI=1S/C22H21N5OS/c1-14(2)15-4-3-5-17(8-15)25-22(28)19-9-18(6-7-23-19)27-11-16-10-24-21(13-29)26-20(16)12-27/h3-10,13-14H,11-12H2,1-2H3,(H,25,28). The molecule has 0 spiro atoms. The molecule has 0 bridgehead atoms. The number of nitrogens with zero attached hydrogens (tertiary/aromatic N) is 4. The highest BCUT2D eigenvalue weighted by atomic mass is 32.1. The fourth-order valence-corrected chi connectivity index (χ4v) is 3.43. The van der Waals surface area contributed by atoms with Crippen LogP contribution in [0.5, 0.6) is 0 Å². The summed E-state index contributed by atoms with van der Waals surface area (Å²) in [4.78, 5) is 27.8. The zero-order valence-corrected chi connectivity index (χ0v) is 17.1. The second-order valence-electron chi connectivity index (χ2n) is 7.31. The fraction of sp³-hybridized carbons (Fsp3) is 0.227. The molecule has 1 aliphatic heterocycles. The lowest BCUT2D eigenvalue weighted by Crippen LogP contribution is -2.18. The molecule has 7 heteroatoms. The number of amides is 1. The fourth-order valence-electron chi connectivity index (χ4n) is 3.32. The van der Waals surface area contributed by atoms with Crippen molar-refractivity contribution in [1.29, 1.82) is 0 Å². The van der Waals surface area contributed by atoms with Gasteiger partial charge >= 0.3 is 0 Å². The van der Waals surface area contributed by atoms with Crippen molar-refractivity contribution in [1.82, 2.24) is 15.0 Å². The van der Waals surface area contributed by atoms with Crippen LogP contribution in [0.1, 0.15) is 52.9 Å². The summed E-state index contributed by atoms with van der Waals surface area (Å²) in [6.45, 7) is 5.59. The van der Waals surface area contributed by atoms with E-state index in [0.717, 1.165) is 22.6 Å². The number of hydrogen-bond acceptors (Lipinski definition) is 6. The van der Waals surface area contributed by atoms with E-state index < -0.39 is 0 Å². The maximum atomic E-state index is 12.7. The van der Waals surface area contributed by atoms with Crippen LogP contribution in [-0.4, -0.2) is 26.2 Å². The molecule has 0 aliphatic carbocycles. The van der Waals surface area contributed by atoms with Crippen molar-refractivity contribution in [3.8, 4) is 0 Å². The van der Waals surface area contributed by atoms with Crippen molar-refractivity contribution in [2.45, 2.75) is 32.9 Å². The van der Waals surface area contributed by atoms with E-state index in [4.69, 9.17) is 12.2 Å². The number of carbonyl (C=O) groups excluding carboxylic acids is 1. The molecule has 2 aromatic heterocycles. The summed E-state index contributed by atoms with van der Waals surface area (Å²) >= 11 is 4.92.